The number of hydrogen-bond donors (Lipinski definition) is 1. The third-order valence-electron chi connectivity index (χ3n) is 4.44. The van der Waals surface area contributed by atoms with Gasteiger partial charge in [0.15, 0.2) is 0 Å². The van der Waals surface area contributed by atoms with Crippen molar-refractivity contribution in [2.45, 2.75) is 37.8 Å². The summed E-state index contributed by atoms with van der Waals surface area (Å²) >= 11 is 0. The van der Waals surface area contributed by atoms with Crippen molar-refractivity contribution in [2.75, 3.05) is 32.6 Å². The quantitative estimate of drug-likeness (QED) is 0.882. The topological polar surface area (TPSA) is 45.4 Å². The molecule has 0 saturated heterocycles. The van der Waals surface area contributed by atoms with Crippen LogP contribution in [-0.2, 0) is 0 Å². The molecular formula is C15H26N4. The number of likely N-dealkylation sites (N-methyl/N-ethyl adjacent to an activating group) is 2. The fourth-order valence-electron chi connectivity index (χ4n) is 2.76. The van der Waals surface area contributed by atoms with Gasteiger partial charge in [-0.3, -0.25) is 4.98 Å². The zero-order valence-corrected chi connectivity index (χ0v) is 12.6. The van der Waals surface area contributed by atoms with Crippen molar-refractivity contribution in [1.29, 1.82) is 0 Å². The monoisotopic (exact) mass is 262 g/mol. The Morgan fingerprint density at radius 3 is 2.37 bits per heavy atom. The maximum Gasteiger partial charge on any atom is 0.0569 e. The molecule has 106 valence electrons. The lowest BCUT2D eigenvalue weighted by molar-refractivity contribution is 0.0683. The molecular weight excluding hydrogens is 236 g/mol. The maximum absolute atomic E-state index is 5.83. The van der Waals surface area contributed by atoms with Gasteiger partial charge in [0, 0.05) is 25.2 Å². The second kappa shape index (κ2) is 5.47. The molecule has 0 bridgehead atoms. The molecule has 0 aliphatic heterocycles. The zero-order valence-electron chi connectivity index (χ0n) is 12.6. The first-order valence-corrected chi connectivity index (χ1v) is 7.05. The number of rotatable bonds is 5. The first kappa shape index (κ1) is 14.3. The molecule has 1 aliphatic rings. The van der Waals surface area contributed by atoms with E-state index in [9.17, 15) is 0 Å². The molecule has 0 unspecified atom stereocenters. The maximum atomic E-state index is 5.83. The van der Waals surface area contributed by atoms with Crippen molar-refractivity contribution < 1.29 is 0 Å². The van der Waals surface area contributed by atoms with Crippen molar-refractivity contribution in [2.24, 2.45) is 5.73 Å². The third kappa shape index (κ3) is 2.90. The Morgan fingerprint density at radius 1 is 1.32 bits per heavy atom. The number of hydrogen-bond acceptors (Lipinski definition) is 4. The van der Waals surface area contributed by atoms with Crippen LogP contribution in [0.3, 0.4) is 0 Å². The van der Waals surface area contributed by atoms with Crippen LogP contribution >= 0.6 is 0 Å². The van der Waals surface area contributed by atoms with Crippen LogP contribution in [0, 0.1) is 0 Å². The van der Waals surface area contributed by atoms with E-state index in [-0.39, 0.29) is 6.04 Å². The molecule has 4 nitrogen and oxygen atoms in total. The molecule has 1 atom stereocenters. The minimum Gasteiger partial charge on any atom is -0.371 e. The summed E-state index contributed by atoms with van der Waals surface area (Å²) in [6.07, 6.45) is 5.85. The summed E-state index contributed by atoms with van der Waals surface area (Å²) in [6, 6.07) is 4.15. The van der Waals surface area contributed by atoms with Crippen LogP contribution < -0.4 is 10.6 Å². The van der Waals surface area contributed by atoms with Gasteiger partial charge >= 0.3 is 0 Å². The minimum atomic E-state index is -0.000828. The van der Waals surface area contributed by atoms with Gasteiger partial charge in [0.25, 0.3) is 0 Å². The third-order valence-corrected chi connectivity index (χ3v) is 4.44. The zero-order chi connectivity index (χ0) is 14.0. The van der Waals surface area contributed by atoms with Crippen molar-refractivity contribution >= 4 is 5.69 Å². The molecule has 2 N–H and O–H groups in total. The Morgan fingerprint density at radius 2 is 2.00 bits per heavy atom. The van der Waals surface area contributed by atoms with Gasteiger partial charge < -0.3 is 15.5 Å². The fraction of sp³-hybridized carbons (Fsp3) is 0.667. The van der Waals surface area contributed by atoms with Gasteiger partial charge in [-0.05, 0) is 52.4 Å². The van der Waals surface area contributed by atoms with Crippen molar-refractivity contribution in [1.82, 2.24) is 9.88 Å². The van der Waals surface area contributed by atoms with Crippen LogP contribution in [0.1, 0.15) is 37.9 Å². The Balaban J connectivity index is 2.05. The van der Waals surface area contributed by atoms with Crippen LogP contribution in [0.4, 0.5) is 5.69 Å². The van der Waals surface area contributed by atoms with Crippen LogP contribution in [-0.4, -0.2) is 43.1 Å². The first-order chi connectivity index (χ1) is 8.94. The van der Waals surface area contributed by atoms with E-state index in [1.807, 2.05) is 19.2 Å². The number of nitrogens with zero attached hydrogens (tertiary/aromatic N) is 3. The molecule has 19 heavy (non-hydrogen) atoms. The lowest BCUT2D eigenvalue weighted by atomic mass is 9.75. The van der Waals surface area contributed by atoms with Gasteiger partial charge in [0.2, 0.25) is 0 Å². The van der Waals surface area contributed by atoms with E-state index in [1.54, 1.807) is 0 Å². The number of aromatic nitrogens is 1. The molecule has 0 radical (unpaired) electrons. The Bertz CT molecular complexity index is 407. The molecule has 0 amide bonds. The molecule has 0 aromatic carbocycles. The lowest BCUT2D eigenvalue weighted by Crippen LogP contribution is -2.56. The first-order valence-electron chi connectivity index (χ1n) is 7.05. The Labute approximate surface area is 116 Å². The Kier molecular flexibility index (Phi) is 4.11. The van der Waals surface area contributed by atoms with Crippen molar-refractivity contribution in [3.8, 4) is 0 Å². The molecule has 0 spiro atoms. The summed E-state index contributed by atoms with van der Waals surface area (Å²) in [6.45, 7) is 3.01. The summed E-state index contributed by atoms with van der Waals surface area (Å²) < 4.78 is 0. The van der Waals surface area contributed by atoms with Crippen LogP contribution in [0.25, 0.3) is 0 Å². The second-order valence-corrected chi connectivity index (χ2v) is 6.06. The highest BCUT2D eigenvalue weighted by molar-refractivity contribution is 5.44. The van der Waals surface area contributed by atoms with Gasteiger partial charge in [-0.2, -0.15) is 0 Å². The van der Waals surface area contributed by atoms with Gasteiger partial charge in [-0.1, -0.05) is 0 Å². The molecule has 1 fully saturated rings. The molecule has 2 rings (SSSR count). The normalized spacial score (nSPS) is 19.1. The van der Waals surface area contributed by atoms with E-state index >= 15 is 0 Å². The Hall–Kier alpha value is -1.13. The molecule has 1 heterocycles. The number of pyridine rings is 1. The van der Waals surface area contributed by atoms with E-state index in [4.69, 9.17) is 5.73 Å². The van der Waals surface area contributed by atoms with Gasteiger partial charge in [-0.25, -0.2) is 0 Å². The largest absolute Gasteiger partial charge is 0.371 e. The lowest BCUT2D eigenvalue weighted by Gasteiger charge is -2.49. The SMILES string of the molecule is C[C@@H](N)c1ccc(N(C)CC2(N(C)C)CCC2)cn1. The highest BCUT2D eigenvalue weighted by Gasteiger charge is 2.39. The van der Waals surface area contributed by atoms with Gasteiger partial charge in [-0.15, -0.1) is 0 Å². The number of anilines is 1. The highest BCUT2D eigenvalue weighted by Crippen LogP contribution is 2.37. The molecule has 4 heteroatoms. The van der Waals surface area contributed by atoms with E-state index in [0.29, 0.717) is 5.54 Å². The van der Waals surface area contributed by atoms with Gasteiger partial charge in [0.05, 0.1) is 17.6 Å². The predicted octanol–water partition coefficient (Wildman–Crippen LogP) is 2.02. The molecule has 1 saturated carbocycles. The van der Waals surface area contributed by atoms with Crippen LogP contribution in [0.5, 0.6) is 0 Å². The molecule has 1 aliphatic carbocycles. The minimum absolute atomic E-state index is 0.000828. The average Bonchev–Trinajstić information content (AvgIpc) is 2.33. The second-order valence-electron chi connectivity index (χ2n) is 6.06. The van der Waals surface area contributed by atoms with E-state index in [2.05, 4.69) is 42.0 Å². The smallest absolute Gasteiger partial charge is 0.0569 e. The van der Waals surface area contributed by atoms with E-state index in [1.165, 1.54) is 19.3 Å². The van der Waals surface area contributed by atoms with E-state index < -0.39 is 0 Å². The summed E-state index contributed by atoms with van der Waals surface area (Å²) in [7, 11) is 6.51. The standard InChI is InChI=1S/C15H26N4/c1-12(16)14-7-6-13(10-17-14)19(4)11-15(18(2)3)8-5-9-15/h6-7,10,12H,5,8-9,11,16H2,1-4H3/t12-/m1/s1. The molecule has 1 aromatic heterocycles. The summed E-state index contributed by atoms with van der Waals surface area (Å²) in [5.41, 5.74) is 8.28. The summed E-state index contributed by atoms with van der Waals surface area (Å²) in [4.78, 5) is 9.11. The predicted molar refractivity (Wildman–Crippen MR) is 80.4 cm³/mol. The summed E-state index contributed by atoms with van der Waals surface area (Å²) in [5.74, 6) is 0. The average molecular weight is 262 g/mol. The molecule has 1 aromatic rings. The highest BCUT2D eigenvalue weighted by atomic mass is 15.2. The summed E-state index contributed by atoms with van der Waals surface area (Å²) in [5, 5.41) is 0. The van der Waals surface area contributed by atoms with Crippen molar-refractivity contribution in [3.63, 3.8) is 0 Å². The van der Waals surface area contributed by atoms with Crippen molar-refractivity contribution in [3.05, 3.63) is 24.0 Å². The fourth-order valence-corrected chi connectivity index (χ4v) is 2.76. The van der Waals surface area contributed by atoms with E-state index in [0.717, 1.165) is 17.9 Å². The van der Waals surface area contributed by atoms with Crippen LogP contribution in [0.2, 0.25) is 0 Å². The number of nitrogens with two attached hydrogens (primary N) is 1. The van der Waals surface area contributed by atoms with Crippen LogP contribution in [0.15, 0.2) is 18.3 Å². The van der Waals surface area contributed by atoms with Gasteiger partial charge in [0.1, 0.15) is 0 Å².